The van der Waals surface area contributed by atoms with Crippen molar-refractivity contribution in [1.29, 1.82) is 0 Å². The zero-order chi connectivity index (χ0) is 13.3. The number of carbonyl (C=O) groups excluding carboxylic acids is 2. The van der Waals surface area contributed by atoms with Crippen molar-refractivity contribution >= 4 is 12.2 Å². The summed E-state index contributed by atoms with van der Waals surface area (Å²) >= 11 is 0. The molecule has 2 N–H and O–H groups in total. The smallest absolute Gasteiger partial charge is 0.419 e. The van der Waals surface area contributed by atoms with Crippen LogP contribution >= 0.6 is 0 Å². The van der Waals surface area contributed by atoms with E-state index in [-0.39, 0.29) is 0 Å². The van der Waals surface area contributed by atoms with Crippen LogP contribution in [0.5, 0.6) is 0 Å². The minimum Gasteiger partial charge on any atom is -0.419 e. The third-order valence-electron chi connectivity index (χ3n) is 1.55. The molecule has 0 aliphatic rings. The number of hydrazine groups is 1. The minimum absolute atomic E-state index is 0.412. The van der Waals surface area contributed by atoms with Crippen LogP contribution in [0.15, 0.2) is 0 Å². The van der Waals surface area contributed by atoms with Gasteiger partial charge in [0.05, 0.1) is 0 Å². The topological polar surface area (TPSA) is 95.1 Å². The van der Waals surface area contributed by atoms with Crippen LogP contribution in [0.3, 0.4) is 0 Å². The van der Waals surface area contributed by atoms with Crippen LogP contribution < -0.4 is 10.9 Å². The van der Waals surface area contributed by atoms with Gasteiger partial charge in [-0.15, -0.1) is 0 Å². The van der Waals surface area contributed by atoms with Gasteiger partial charge in [-0.25, -0.2) is 20.4 Å². The fraction of sp³-hybridized carbons (Fsp3) is 0.778. The Morgan fingerprint density at radius 1 is 1.06 bits per heavy atom. The Hall–Kier alpha value is -1.54. The first-order valence-corrected chi connectivity index (χ1v) is 5.07. The molecule has 17 heavy (non-hydrogen) atoms. The average molecular weight is 250 g/mol. The lowest BCUT2D eigenvalue weighted by atomic mass is 10.7. The van der Waals surface area contributed by atoms with Gasteiger partial charge in [0, 0.05) is 13.7 Å². The molecule has 2 amide bonds. The predicted molar refractivity (Wildman–Crippen MR) is 56.8 cm³/mol. The molecule has 0 fully saturated rings. The normalized spacial score (nSPS) is 13.4. The Bertz CT molecular complexity index is 248. The van der Waals surface area contributed by atoms with Crippen molar-refractivity contribution in [1.82, 2.24) is 10.9 Å². The summed E-state index contributed by atoms with van der Waals surface area (Å²) in [6.45, 7) is 5.25. The molecule has 0 saturated carbocycles. The van der Waals surface area contributed by atoms with Crippen LogP contribution in [0.4, 0.5) is 9.59 Å². The number of methoxy groups -OCH3 is 1. The molecule has 0 aromatic carbocycles. The first-order chi connectivity index (χ1) is 7.99. The van der Waals surface area contributed by atoms with E-state index in [1.165, 1.54) is 14.0 Å². The number of rotatable bonds is 5. The van der Waals surface area contributed by atoms with E-state index in [0.29, 0.717) is 6.61 Å². The summed E-state index contributed by atoms with van der Waals surface area (Å²) in [5.41, 5.74) is 3.95. The van der Waals surface area contributed by atoms with Crippen LogP contribution in [0, 0.1) is 0 Å². The predicted octanol–water partition coefficient (Wildman–Crippen LogP) is 0.729. The van der Waals surface area contributed by atoms with E-state index in [2.05, 4.69) is 9.47 Å². The van der Waals surface area contributed by atoms with Crippen molar-refractivity contribution in [2.45, 2.75) is 33.4 Å². The Kier molecular flexibility index (Phi) is 7.82. The largest absolute Gasteiger partial charge is 0.428 e. The zero-order valence-electron chi connectivity index (χ0n) is 10.3. The molecule has 0 aromatic rings. The molecular weight excluding hydrogens is 232 g/mol. The average Bonchev–Trinajstić information content (AvgIpc) is 2.26. The third-order valence-corrected chi connectivity index (χ3v) is 1.55. The summed E-state index contributed by atoms with van der Waals surface area (Å²) < 4.78 is 19.0. The summed E-state index contributed by atoms with van der Waals surface area (Å²) in [6.07, 6.45) is -3.13. The first-order valence-electron chi connectivity index (χ1n) is 5.07. The molecule has 0 bridgehead atoms. The molecule has 0 spiro atoms. The monoisotopic (exact) mass is 250 g/mol. The SMILES string of the molecule is CCOC(C)OC(=O)NNC(=O)OC(C)OC. The van der Waals surface area contributed by atoms with Crippen LogP contribution in [0.25, 0.3) is 0 Å². The van der Waals surface area contributed by atoms with Gasteiger partial charge in [0.25, 0.3) is 0 Å². The molecule has 0 aliphatic heterocycles. The van der Waals surface area contributed by atoms with Crippen molar-refractivity contribution < 1.29 is 28.5 Å². The number of hydrogen-bond donors (Lipinski definition) is 2. The summed E-state index contributed by atoms with van der Waals surface area (Å²) in [4.78, 5) is 22.1. The molecule has 8 heteroatoms. The number of ether oxygens (including phenoxy) is 4. The molecule has 0 saturated heterocycles. The minimum atomic E-state index is -0.861. The second-order valence-corrected chi connectivity index (χ2v) is 2.89. The highest BCUT2D eigenvalue weighted by molar-refractivity contribution is 5.73. The molecule has 0 radical (unpaired) electrons. The van der Waals surface area contributed by atoms with Crippen molar-refractivity contribution in [3.63, 3.8) is 0 Å². The van der Waals surface area contributed by atoms with Gasteiger partial charge in [0.2, 0.25) is 12.6 Å². The molecule has 0 heterocycles. The number of nitrogens with one attached hydrogen (secondary N) is 2. The summed E-state index contributed by atoms with van der Waals surface area (Å²) in [7, 11) is 1.38. The Morgan fingerprint density at radius 2 is 1.53 bits per heavy atom. The summed E-state index contributed by atoms with van der Waals surface area (Å²) in [5.74, 6) is 0. The maximum atomic E-state index is 11.1. The van der Waals surface area contributed by atoms with Gasteiger partial charge in [0.15, 0.2) is 0 Å². The highest BCUT2D eigenvalue weighted by Crippen LogP contribution is 1.93. The van der Waals surface area contributed by atoms with Crippen LogP contribution in [0.2, 0.25) is 0 Å². The Balaban J connectivity index is 3.72. The van der Waals surface area contributed by atoms with Gasteiger partial charge < -0.3 is 18.9 Å². The standard InChI is InChI=1S/C9H18N2O6/c1-5-15-7(3)17-9(13)11-10-8(12)16-6(2)14-4/h6-7H,5H2,1-4H3,(H,10,12)(H,11,13). The Labute approximate surface area is 99.5 Å². The quantitative estimate of drug-likeness (QED) is 0.551. The van der Waals surface area contributed by atoms with E-state index in [1.54, 1.807) is 13.8 Å². The van der Waals surface area contributed by atoms with E-state index >= 15 is 0 Å². The lowest BCUT2D eigenvalue weighted by Crippen LogP contribution is -2.44. The third kappa shape index (κ3) is 8.29. The van der Waals surface area contributed by atoms with Gasteiger partial charge in [-0.05, 0) is 20.8 Å². The molecule has 0 aliphatic carbocycles. The second-order valence-electron chi connectivity index (χ2n) is 2.89. The number of carbonyl (C=O) groups is 2. The molecular formula is C9H18N2O6. The highest BCUT2D eigenvalue weighted by atomic mass is 16.7. The van der Waals surface area contributed by atoms with E-state index in [4.69, 9.17) is 9.47 Å². The van der Waals surface area contributed by atoms with E-state index in [0.717, 1.165) is 0 Å². The summed E-state index contributed by atoms with van der Waals surface area (Å²) in [5, 5.41) is 0. The van der Waals surface area contributed by atoms with Crippen molar-refractivity contribution in [3.8, 4) is 0 Å². The lowest BCUT2D eigenvalue weighted by molar-refractivity contribution is -0.0889. The Morgan fingerprint density at radius 3 is 1.94 bits per heavy atom. The van der Waals surface area contributed by atoms with Gasteiger partial charge >= 0.3 is 12.2 Å². The molecule has 0 rings (SSSR count). The highest BCUT2D eigenvalue weighted by Gasteiger charge is 2.11. The van der Waals surface area contributed by atoms with Crippen molar-refractivity contribution in [2.24, 2.45) is 0 Å². The fourth-order valence-electron chi connectivity index (χ4n) is 0.779. The molecule has 8 nitrogen and oxygen atoms in total. The van der Waals surface area contributed by atoms with E-state index in [1.807, 2.05) is 10.9 Å². The fourth-order valence-corrected chi connectivity index (χ4v) is 0.779. The van der Waals surface area contributed by atoms with Gasteiger partial charge in [-0.2, -0.15) is 0 Å². The van der Waals surface area contributed by atoms with Gasteiger partial charge in [-0.1, -0.05) is 0 Å². The number of hydrogen-bond acceptors (Lipinski definition) is 6. The zero-order valence-corrected chi connectivity index (χ0v) is 10.3. The summed E-state index contributed by atoms with van der Waals surface area (Å²) in [6, 6.07) is 0. The molecule has 2 unspecified atom stereocenters. The van der Waals surface area contributed by atoms with Crippen molar-refractivity contribution in [3.05, 3.63) is 0 Å². The first kappa shape index (κ1) is 15.5. The van der Waals surface area contributed by atoms with E-state index in [9.17, 15) is 9.59 Å². The number of amides is 2. The van der Waals surface area contributed by atoms with Crippen LogP contribution in [0.1, 0.15) is 20.8 Å². The lowest BCUT2D eigenvalue weighted by Gasteiger charge is -2.15. The van der Waals surface area contributed by atoms with Gasteiger partial charge in [0.1, 0.15) is 0 Å². The van der Waals surface area contributed by atoms with Crippen LogP contribution in [-0.4, -0.2) is 38.5 Å². The van der Waals surface area contributed by atoms with E-state index < -0.39 is 24.8 Å². The molecule has 2 atom stereocenters. The van der Waals surface area contributed by atoms with Gasteiger partial charge in [-0.3, -0.25) is 0 Å². The maximum absolute atomic E-state index is 11.1. The van der Waals surface area contributed by atoms with Crippen molar-refractivity contribution in [2.75, 3.05) is 13.7 Å². The van der Waals surface area contributed by atoms with Crippen LogP contribution in [-0.2, 0) is 18.9 Å². The maximum Gasteiger partial charge on any atom is 0.428 e. The molecule has 0 aromatic heterocycles. The molecule has 100 valence electrons. The second kappa shape index (κ2) is 8.59.